The smallest absolute Gasteiger partial charge is 0.264 e. The minimum atomic E-state index is -1.12. The van der Waals surface area contributed by atoms with Crippen molar-refractivity contribution in [2.24, 2.45) is 5.73 Å². The van der Waals surface area contributed by atoms with E-state index in [1.165, 1.54) is 18.2 Å². The molecular weight excluding hydrogens is 811 g/mol. The van der Waals surface area contributed by atoms with Crippen molar-refractivity contribution in [2.45, 2.75) is 79.4 Å². The summed E-state index contributed by atoms with van der Waals surface area (Å²) in [5, 5.41) is 19.7. The second kappa shape index (κ2) is 21.1. The number of rotatable bonds is 20. The van der Waals surface area contributed by atoms with Crippen LogP contribution in [0.25, 0.3) is 5.57 Å². The number of hydrogen-bond donors (Lipinski definition) is 9. The maximum atomic E-state index is 13.6. The summed E-state index contributed by atoms with van der Waals surface area (Å²) in [6, 6.07) is 8.79. The predicted molar refractivity (Wildman–Crippen MR) is 237 cm³/mol. The van der Waals surface area contributed by atoms with E-state index in [-0.39, 0.29) is 59.8 Å². The van der Waals surface area contributed by atoms with Crippen molar-refractivity contribution in [3.8, 4) is 0 Å². The zero-order chi connectivity index (χ0) is 46.0. The van der Waals surface area contributed by atoms with Gasteiger partial charge in [-0.25, -0.2) is 11.0 Å². The number of H-pyrrole nitrogens is 1. The number of benzene rings is 2. The maximum Gasteiger partial charge on any atom is 0.264 e. The first-order valence-electron chi connectivity index (χ1n) is 20.6. The van der Waals surface area contributed by atoms with Crippen LogP contribution < -0.4 is 43.5 Å². The molecule has 0 aliphatic carbocycles. The number of aryl methyl sites for hydroxylation is 2. The van der Waals surface area contributed by atoms with Crippen LogP contribution in [0.15, 0.2) is 59.2 Å². The lowest BCUT2D eigenvalue weighted by atomic mass is 9.96. The molecule has 0 spiro atoms. The molecule has 2 aliphatic heterocycles. The van der Waals surface area contributed by atoms with Crippen molar-refractivity contribution in [3.63, 3.8) is 0 Å². The number of carbonyl (C=O) groups is 6. The van der Waals surface area contributed by atoms with Gasteiger partial charge in [0.15, 0.2) is 0 Å². The number of amides is 6. The van der Waals surface area contributed by atoms with E-state index in [0.717, 1.165) is 33.5 Å². The average molecular weight is 866 g/mol. The van der Waals surface area contributed by atoms with E-state index in [0.29, 0.717) is 48.8 Å². The Morgan fingerprint density at radius 3 is 2.49 bits per heavy atom. The van der Waals surface area contributed by atoms with Gasteiger partial charge in [-0.3, -0.25) is 43.8 Å². The van der Waals surface area contributed by atoms with Crippen LogP contribution in [0.1, 0.15) is 106 Å². The van der Waals surface area contributed by atoms with E-state index in [1.807, 2.05) is 57.7 Å². The first kappa shape index (κ1) is 46.9. The maximum absolute atomic E-state index is 13.6. The molecule has 6 amide bonds. The van der Waals surface area contributed by atoms with E-state index in [2.05, 4.69) is 37.2 Å². The molecule has 10 N–H and O–H groups in total. The Bertz CT molecular complexity index is 2420. The Morgan fingerprint density at radius 1 is 1.05 bits per heavy atom. The number of pyridine rings is 1. The molecular formula is C44H55N11O8. The van der Waals surface area contributed by atoms with E-state index >= 15 is 0 Å². The van der Waals surface area contributed by atoms with E-state index in [1.54, 1.807) is 19.1 Å². The van der Waals surface area contributed by atoms with Crippen molar-refractivity contribution in [3.05, 3.63) is 109 Å². The van der Waals surface area contributed by atoms with Crippen LogP contribution in [0.2, 0.25) is 0 Å². The molecule has 1 saturated heterocycles. The molecule has 19 heteroatoms. The lowest BCUT2D eigenvalue weighted by molar-refractivity contribution is -0.136. The molecule has 1 fully saturated rings. The lowest BCUT2D eigenvalue weighted by Gasteiger charge is -2.27. The standard InChI is InChI=1S/C44H55N11O8/c1-7-54(18-17-47-16-15-38(57)53-63-52-33-10-8-9-29-39(33)44(62)55(43(29)61)35-12-14-37(56)51-42(35)60)36(46)13-11-25(4)28-20-30(31(22-45)34(21-28)49-24(2)3)40(58)48-23-32-26(5)19-27(6)50-41(32)59/h8-11,13,19-22,24,35,45,47,49,52H,7,12,14-18,23,46H2,1-6H3,(H,48,58)(H,50,59)(H,53,57)(H,51,56,60)/b25-11+,36-13+,45-22?. The normalized spacial score (nSPS) is 15.3. The van der Waals surface area contributed by atoms with Crippen LogP contribution in [-0.4, -0.2) is 94.7 Å². The first-order chi connectivity index (χ1) is 30.0. The second-order valence-electron chi connectivity index (χ2n) is 15.5. The minimum Gasteiger partial charge on any atom is -0.385 e. The largest absolute Gasteiger partial charge is 0.385 e. The number of hydrogen-bond acceptors (Lipinski definition) is 14. The first-order valence-corrected chi connectivity index (χ1v) is 20.6. The number of carbonyl (C=O) groups excluding carboxylic acids is 6. The van der Waals surface area contributed by atoms with Gasteiger partial charge in [0.25, 0.3) is 23.3 Å². The number of aromatic nitrogens is 1. The number of allylic oxidation sites excluding steroid dienone is 3. The van der Waals surface area contributed by atoms with Crippen molar-refractivity contribution >= 4 is 58.6 Å². The Balaban J connectivity index is 1.12. The minimum absolute atomic E-state index is 0.00484. The van der Waals surface area contributed by atoms with Crippen LogP contribution >= 0.6 is 0 Å². The van der Waals surface area contributed by atoms with E-state index in [4.69, 9.17) is 16.1 Å². The third-order valence-electron chi connectivity index (χ3n) is 10.5. The van der Waals surface area contributed by atoms with E-state index < -0.39 is 41.5 Å². The van der Waals surface area contributed by atoms with Gasteiger partial charge in [0.1, 0.15) is 6.04 Å². The van der Waals surface area contributed by atoms with Gasteiger partial charge in [0.05, 0.1) is 28.2 Å². The Hall–Kier alpha value is -7.12. The molecule has 5 rings (SSSR count). The summed E-state index contributed by atoms with van der Waals surface area (Å²) >= 11 is 0. The number of hydroxylamine groups is 1. The number of fused-ring (bicyclic) bond motifs is 1. The summed E-state index contributed by atoms with van der Waals surface area (Å²) in [5.74, 6) is -2.99. The summed E-state index contributed by atoms with van der Waals surface area (Å²) in [4.78, 5) is 99.7. The molecule has 0 bridgehead atoms. The molecule has 0 radical (unpaired) electrons. The van der Waals surface area contributed by atoms with Crippen LogP contribution in [0.4, 0.5) is 11.4 Å². The number of imide groups is 2. The SMILES string of the molecule is CCN(CCNCCC(=O)NONc1cccc2c1C(=O)N(C1CCC(=O)NC1=O)C2=O)/C(N)=C/C=C(\C)c1cc(NC(C)C)c(C=N)c(C(=O)NCc2c(C)cc(C)[nH]c2=O)c1. The Labute approximate surface area is 364 Å². The molecule has 1 unspecified atom stereocenters. The highest BCUT2D eigenvalue weighted by molar-refractivity contribution is 6.25. The van der Waals surface area contributed by atoms with Gasteiger partial charge >= 0.3 is 0 Å². The van der Waals surface area contributed by atoms with Crippen molar-refractivity contribution in [2.75, 3.05) is 37.0 Å². The molecule has 63 heavy (non-hydrogen) atoms. The lowest BCUT2D eigenvalue weighted by Crippen LogP contribution is -2.54. The number of nitrogens with one attached hydrogen (secondary N) is 8. The molecule has 1 atom stereocenters. The van der Waals surface area contributed by atoms with Crippen molar-refractivity contribution in [1.29, 1.82) is 5.41 Å². The zero-order valence-corrected chi connectivity index (χ0v) is 36.2. The summed E-state index contributed by atoms with van der Waals surface area (Å²) < 4.78 is 0. The number of nitrogens with two attached hydrogens (primary N) is 1. The van der Waals surface area contributed by atoms with E-state index in [9.17, 15) is 33.6 Å². The summed E-state index contributed by atoms with van der Waals surface area (Å²) in [5.41, 5.74) is 15.9. The molecule has 334 valence electrons. The van der Waals surface area contributed by atoms with Gasteiger partial charge in [-0.2, -0.15) is 4.94 Å². The fourth-order valence-corrected chi connectivity index (χ4v) is 7.23. The summed E-state index contributed by atoms with van der Waals surface area (Å²) in [6.45, 7) is 13.3. The fourth-order valence-electron chi connectivity index (χ4n) is 7.23. The van der Waals surface area contributed by atoms with Gasteiger partial charge in [0, 0.05) is 80.3 Å². The predicted octanol–water partition coefficient (Wildman–Crippen LogP) is 2.72. The van der Waals surface area contributed by atoms with Gasteiger partial charge in [-0.15, -0.1) is 0 Å². The van der Waals surface area contributed by atoms with Gasteiger partial charge in [-0.1, -0.05) is 12.1 Å². The fraction of sp³-hybridized carbons (Fsp3) is 0.364. The van der Waals surface area contributed by atoms with Gasteiger partial charge in [0.2, 0.25) is 17.7 Å². The average Bonchev–Trinajstić information content (AvgIpc) is 3.48. The van der Waals surface area contributed by atoms with Crippen LogP contribution in [0.3, 0.4) is 0 Å². The highest BCUT2D eigenvalue weighted by atomic mass is 16.8. The highest BCUT2D eigenvalue weighted by Crippen LogP contribution is 2.32. The third kappa shape index (κ3) is 11.4. The molecule has 0 saturated carbocycles. The van der Waals surface area contributed by atoms with Gasteiger partial charge < -0.3 is 37.0 Å². The Morgan fingerprint density at radius 2 is 1.81 bits per heavy atom. The number of anilines is 2. The van der Waals surface area contributed by atoms with Gasteiger partial charge in [-0.05, 0) is 101 Å². The molecule has 2 aliphatic rings. The molecule has 3 heterocycles. The summed E-state index contributed by atoms with van der Waals surface area (Å²) in [7, 11) is 0. The number of aromatic amines is 1. The zero-order valence-electron chi connectivity index (χ0n) is 36.2. The highest BCUT2D eigenvalue weighted by Gasteiger charge is 2.45. The molecule has 2 aromatic carbocycles. The molecule has 3 aromatic rings. The summed E-state index contributed by atoms with van der Waals surface area (Å²) in [6.07, 6.45) is 4.83. The number of likely N-dealkylation sites (N-methyl/N-ethyl adjacent to an activating group) is 1. The second-order valence-corrected chi connectivity index (χ2v) is 15.5. The number of piperidine rings is 1. The van der Waals surface area contributed by atoms with Crippen LogP contribution in [-0.2, 0) is 25.9 Å². The third-order valence-corrected chi connectivity index (χ3v) is 10.5. The van der Waals surface area contributed by atoms with Crippen LogP contribution in [0.5, 0.6) is 0 Å². The molecule has 1 aromatic heterocycles. The van der Waals surface area contributed by atoms with Crippen molar-refractivity contribution in [1.82, 2.24) is 36.2 Å². The van der Waals surface area contributed by atoms with Crippen molar-refractivity contribution < 1.29 is 33.7 Å². The topological polar surface area (TPSA) is 273 Å². The Kier molecular flexibility index (Phi) is 15.7. The quantitative estimate of drug-likeness (QED) is 0.0260. The van der Waals surface area contributed by atoms with Crippen LogP contribution in [0, 0.1) is 19.3 Å². The monoisotopic (exact) mass is 865 g/mol. The number of nitrogens with zero attached hydrogens (tertiary/aromatic N) is 2. The molecule has 19 nitrogen and oxygen atoms in total.